The largest absolute Gasteiger partial charge is 0.378 e. The second-order valence-corrected chi connectivity index (χ2v) is 6.09. The first kappa shape index (κ1) is 12.7. The quantitative estimate of drug-likeness (QED) is 0.668. The summed E-state index contributed by atoms with van der Waals surface area (Å²) in [5.41, 5.74) is 0. The Morgan fingerprint density at radius 3 is 2.81 bits per heavy atom. The van der Waals surface area contributed by atoms with E-state index >= 15 is 0 Å². The maximum absolute atomic E-state index is 5.98. The van der Waals surface area contributed by atoms with E-state index in [-0.39, 0.29) is 0 Å². The van der Waals surface area contributed by atoms with Crippen molar-refractivity contribution in [2.24, 2.45) is 5.92 Å². The molecule has 3 heteroatoms. The van der Waals surface area contributed by atoms with E-state index in [0.29, 0.717) is 11.5 Å². The Kier molecular flexibility index (Phi) is 4.93. The van der Waals surface area contributed by atoms with Crippen LogP contribution in [-0.4, -0.2) is 43.1 Å². The van der Waals surface area contributed by atoms with Crippen molar-refractivity contribution in [3.05, 3.63) is 0 Å². The molecule has 0 N–H and O–H groups in total. The summed E-state index contributed by atoms with van der Waals surface area (Å²) < 4.78 is 5.63. The SMILES string of the molecule is CN(CCCC1CCCO1)CC1CC(Cl)C1. The lowest BCUT2D eigenvalue weighted by molar-refractivity contribution is 0.0983. The zero-order valence-corrected chi connectivity index (χ0v) is 11.1. The van der Waals surface area contributed by atoms with Gasteiger partial charge in [0.2, 0.25) is 0 Å². The molecule has 0 amide bonds. The Bertz CT molecular complexity index is 200. The van der Waals surface area contributed by atoms with Crippen LogP contribution >= 0.6 is 11.6 Å². The molecule has 0 aromatic carbocycles. The third-order valence-corrected chi connectivity index (χ3v) is 4.19. The summed E-state index contributed by atoms with van der Waals surface area (Å²) in [4.78, 5) is 2.46. The Hall–Kier alpha value is 0.210. The molecule has 0 bridgehead atoms. The van der Waals surface area contributed by atoms with Gasteiger partial charge in [0.1, 0.15) is 0 Å². The number of alkyl halides is 1. The Balaban J connectivity index is 1.48. The van der Waals surface area contributed by atoms with Gasteiger partial charge in [-0.1, -0.05) is 0 Å². The van der Waals surface area contributed by atoms with Crippen molar-refractivity contribution in [1.29, 1.82) is 0 Å². The predicted molar refractivity (Wildman–Crippen MR) is 68.1 cm³/mol. The van der Waals surface area contributed by atoms with Gasteiger partial charge in [-0.3, -0.25) is 0 Å². The van der Waals surface area contributed by atoms with Gasteiger partial charge in [-0.05, 0) is 58.0 Å². The highest BCUT2D eigenvalue weighted by atomic mass is 35.5. The third-order valence-electron chi connectivity index (χ3n) is 3.84. The fourth-order valence-corrected chi connectivity index (χ4v) is 3.30. The van der Waals surface area contributed by atoms with E-state index in [1.165, 1.54) is 51.6 Å². The topological polar surface area (TPSA) is 12.5 Å². The lowest BCUT2D eigenvalue weighted by Crippen LogP contribution is -2.35. The van der Waals surface area contributed by atoms with Gasteiger partial charge in [0, 0.05) is 18.5 Å². The molecule has 16 heavy (non-hydrogen) atoms. The minimum atomic E-state index is 0.463. The number of nitrogens with zero attached hydrogens (tertiary/aromatic N) is 1. The molecule has 1 saturated heterocycles. The maximum atomic E-state index is 5.98. The van der Waals surface area contributed by atoms with Gasteiger partial charge in [-0.2, -0.15) is 0 Å². The van der Waals surface area contributed by atoms with E-state index in [9.17, 15) is 0 Å². The van der Waals surface area contributed by atoms with E-state index in [1.54, 1.807) is 0 Å². The first-order chi connectivity index (χ1) is 7.74. The van der Waals surface area contributed by atoms with Crippen LogP contribution < -0.4 is 0 Å². The van der Waals surface area contributed by atoms with Crippen LogP contribution in [0.25, 0.3) is 0 Å². The second-order valence-electron chi connectivity index (χ2n) is 5.47. The van der Waals surface area contributed by atoms with Crippen molar-refractivity contribution < 1.29 is 4.74 Å². The Labute approximate surface area is 104 Å². The molecule has 2 nitrogen and oxygen atoms in total. The normalized spacial score (nSPS) is 34.3. The van der Waals surface area contributed by atoms with Crippen LogP contribution in [0.1, 0.15) is 38.5 Å². The van der Waals surface area contributed by atoms with Crippen LogP contribution in [0.3, 0.4) is 0 Å². The van der Waals surface area contributed by atoms with E-state index < -0.39 is 0 Å². The van der Waals surface area contributed by atoms with Gasteiger partial charge >= 0.3 is 0 Å². The molecular weight excluding hydrogens is 222 g/mol. The molecule has 94 valence electrons. The van der Waals surface area contributed by atoms with Crippen molar-refractivity contribution in [3.8, 4) is 0 Å². The van der Waals surface area contributed by atoms with Crippen LogP contribution in [-0.2, 0) is 4.74 Å². The van der Waals surface area contributed by atoms with Crippen molar-refractivity contribution in [2.75, 3.05) is 26.7 Å². The zero-order valence-electron chi connectivity index (χ0n) is 10.3. The highest BCUT2D eigenvalue weighted by Crippen LogP contribution is 2.32. The second kappa shape index (κ2) is 6.23. The lowest BCUT2D eigenvalue weighted by atomic mass is 9.84. The van der Waals surface area contributed by atoms with Gasteiger partial charge < -0.3 is 9.64 Å². The Morgan fingerprint density at radius 1 is 1.38 bits per heavy atom. The molecule has 1 atom stereocenters. The van der Waals surface area contributed by atoms with Crippen LogP contribution in [0.4, 0.5) is 0 Å². The molecule has 2 aliphatic rings. The Morgan fingerprint density at radius 2 is 2.19 bits per heavy atom. The number of rotatable bonds is 6. The van der Waals surface area contributed by atoms with Gasteiger partial charge in [-0.15, -0.1) is 11.6 Å². The molecule has 1 aliphatic carbocycles. The molecule has 1 saturated carbocycles. The van der Waals surface area contributed by atoms with Crippen molar-refractivity contribution in [1.82, 2.24) is 4.90 Å². The molecule has 2 rings (SSSR count). The fraction of sp³-hybridized carbons (Fsp3) is 1.00. The summed E-state index contributed by atoms with van der Waals surface area (Å²) in [5, 5.41) is 0.463. The van der Waals surface area contributed by atoms with E-state index in [2.05, 4.69) is 11.9 Å². The monoisotopic (exact) mass is 245 g/mol. The maximum Gasteiger partial charge on any atom is 0.0576 e. The van der Waals surface area contributed by atoms with Gasteiger partial charge in [0.25, 0.3) is 0 Å². The molecule has 0 aromatic heterocycles. The summed E-state index contributed by atoms with van der Waals surface area (Å²) in [6.07, 6.45) is 8.06. The van der Waals surface area contributed by atoms with Crippen molar-refractivity contribution >= 4 is 11.6 Å². The highest BCUT2D eigenvalue weighted by molar-refractivity contribution is 6.21. The van der Waals surface area contributed by atoms with E-state index in [4.69, 9.17) is 16.3 Å². The van der Waals surface area contributed by atoms with E-state index in [1.807, 2.05) is 0 Å². The fourth-order valence-electron chi connectivity index (χ4n) is 2.80. The molecule has 0 aromatic rings. The van der Waals surface area contributed by atoms with Crippen LogP contribution in [0.2, 0.25) is 0 Å². The van der Waals surface area contributed by atoms with E-state index in [0.717, 1.165) is 12.5 Å². The van der Waals surface area contributed by atoms with Gasteiger partial charge in [-0.25, -0.2) is 0 Å². The summed E-state index contributed by atoms with van der Waals surface area (Å²) in [6.45, 7) is 3.43. The van der Waals surface area contributed by atoms with Crippen LogP contribution in [0.5, 0.6) is 0 Å². The number of halogens is 1. The number of hydrogen-bond acceptors (Lipinski definition) is 2. The first-order valence-electron chi connectivity index (χ1n) is 6.68. The number of ether oxygens (including phenoxy) is 1. The molecular formula is C13H24ClNO. The molecule has 0 spiro atoms. The van der Waals surface area contributed by atoms with Gasteiger partial charge in [0.15, 0.2) is 0 Å². The van der Waals surface area contributed by atoms with Crippen molar-refractivity contribution in [2.45, 2.75) is 50.0 Å². The third kappa shape index (κ3) is 3.90. The highest BCUT2D eigenvalue weighted by Gasteiger charge is 2.27. The van der Waals surface area contributed by atoms with Gasteiger partial charge in [0.05, 0.1) is 6.10 Å². The molecule has 2 fully saturated rings. The summed E-state index contributed by atoms with van der Waals surface area (Å²) in [7, 11) is 2.23. The summed E-state index contributed by atoms with van der Waals surface area (Å²) in [5.74, 6) is 0.857. The molecule has 1 aliphatic heterocycles. The van der Waals surface area contributed by atoms with Crippen LogP contribution in [0, 0.1) is 5.92 Å². The molecule has 1 unspecified atom stereocenters. The minimum absolute atomic E-state index is 0.463. The predicted octanol–water partition coefficient (Wildman–Crippen LogP) is 2.89. The molecule has 1 heterocycles. The molecule has 0 radical (unpaired) electrons. The minimum Gasteiger partial charge on any atom is -0.378 e. The summed E-state index contributed by atoms with van der Waals surface area (Å²) in [6, 6.07) is 0. The average Bonchev–Trinajstić information content (AvgIpc) is 2.68. The lowest BCUT2D eigenvalue weighted by Gasteiger charge is -2.34. The zero-order chi connectivity index (χ0) is 11.4. The first-order valence-corrected chi connectivity index (χ1v) is 7.12. The summed E-state index contributed by atoms with van der Waals surface area (Å²) >= 11 is 5.98. The van der Waals surface area contributed by atoms with Crippen molar-refractivity contribution in [3.63, 3.8) is 0 Å². The standard InChI is InChI=1S/C13H24ClNO/c1-15(10-11-8-12(14)9-11)6-2-4-13-5-3-7-16-13/h11-13H,2-10H2,1H3. The smallest absolute Gasteiger partial charge is 0.0576 e. The average molecular weight is 246 g/mol. The van der Waals surface area contributed by atoms with Crippen LogP contribution in [0.15, 0.2) is 0 Å². The number of hydrogen-bond donors (Lipinski definition) is 0.